The van der Waals surface area contributed by atoms with Crippen LogP contribution in [0.1, 0.15) is 57.5 Å². The molecule has 158 valence electrons. The summed E-state index contributed by atoms with van der Waals surface area (Å²) in [5.41, 5.74) is 1.02. The highest BCUT2D eigenvalue weighted by molar-refractivity contribution is 7.99. The Morgan fingerprint density at radius 1 is 1.17 bits per heavy atom. The summed E-state index contributed by atoms with van der Waals surface area (Å²) in [4.78, 5) is 12.7. The van der Waals surface area contributed by atoms with E-state index < -0.39 is 0 Å². The maximum atomic E-state index is 12.7. The average molecular weight is 419 g/mol. The van der Waals surface area contributed by atoms with Gasteiger partial charge in [0.05, 0.1) is 25.0 Å². The molecule has 1 aliphatic heterocycles. The monoisotopic (exact) mass is 418 g/mol. The lowest BCUT2D eigenvalue weighted by Crippen LogP contribution is -2.33. The Hall–Kier alpha value is -2.22. The molecule has 0 aliphatic carbocycles. The lowest BCUT2D eigenvalue weighted by molar-refractivity contribution is -0.119. The van der Waals surface area contributed by atoms with Crippen molar-refractivity contribution in [2.45, 2.75) is 51.2 Å². The summed E-state index contributed by atoms with van der Waals surface area (Å²) < 4.78 is 13.5. The van der Waals surface area contributed by atoms with Gasteiger partial charge >= 0.3 is 0 Å². The van der Waals surface area contributed by atoms with Crippen LogP contribution in [0, 0.1) is 5.92 Å². The fraction of sp³-hybridized carbons (Fsp3) is 0.571. The van der Waals surface area contributed by atoms with E-state index in [0.717, 1.165) is 34.5 Å². The number of benzene rings is 1. The Morgan fingerprint density at radius 3 is 2.55 bits per heavy atom. The Labute approximate surface area is 176 Å². The van der Waals surface area contributed by atoms with Crippen LogP contribution in [0.3, 0.4) is 0 Å². The molecule has 0 radical (unpaired) electrons. The fourth-order valence-electron chi connectivity index (χ4n) is 3.31. The van der Waals surface area contributed by atoms with Gasteiger partial charge in [-0.2, -0.15) is 0 Å². The molecular weight excluding hydrogens is 388 g/mol. The molecule has 2 aromatic rings. The first-order valence-electron chi connectivity index (χ1n) is 10.1. The zero-order valence-corrected chi connectivity index (χ0v) is 18.6. The molecule has 0 saturated carbocycles. The van der Waals surface area contributed by atoms with E-state index in [-0.39, 0.29) is 23.6 Å². The maximum absolute atomic E-state index is 12.7. The van der Waals surface area contributed by atoms with Crippen LogP contribution in [0.15, 0.2) is 23.4 Å². The van der Waals surface area contributed by atoms with E-state index in [2.05, 4.69) is 43.2 Å². The van der Waals surface area contributed by atoms with Crippen LogP contribution >= 0.6 is 11.8 Å². The van der Waals surface area contributed by atoms with Crippen molar-refractivity contribution in [3.8, 4) is 11.5 Å². The number of hydrogen-bond donors (Lipinski definition) is 1. The maximum Gasteiger partial charge on any atom is 0.230 e. The zero-order valence-electron chi connectivity index (χ0n) is 17.8. The molecule has 29 heavy (non-hydrogen) atoms. The molecule has 1 aromatic heterocycles. The molecule has 1 unspecified atom stereocenters. The highest BCUT2D eigenvalue weighted by atomic mass is 32.2. The third-order valence-corrected chi connectivity index (χ3v) is 5.85. The van der Waals surface area contributed by atoms with Crippen molar-refractivity contribution in [1.82, 2.24) is 20.1 Å². The molecule has 1 N–H and O–H groups in total. The van der Waals surface area contributed by atoms with E-state index in [0.29, 0.717) is 19.1 Å². The van der Waals surface area contributed by atoms with Crippen LogP contribution in [-0.4, -0.2) is 39.6 Å². The molecule has 1 atom stereocenters. The first kappa shape index (κ1) is 21.5. The highest BCUT2D eigenvalue weighted by Crippen LogP contribution is 2.34. The summed E-state index contributed by atoms with van der Waals surface area (Å²) in [6, 6.07) is 5.81. The minimum Gasteiger partial charge on any atom is -0.490 e. The molecule has 8 heteroatoms. The summed E-state index contributed by atoms with van der Waals surface area (Å²) in [6.45, 7) is 9.65. The number of rotatable bonds is 7. The Balaban J connectivity index is 1.66. The standard InChI is InChI=1S/C21H30N4O3S/c1-13(2)19(15-7-8-16-17(11-15)28-10-6-9-27-16)22-18(26)12-29-21-24-23-20(14(3)4)25(21)5/h7-8,11,13-14,19H,6,9-10,12H2,1-5H3,(H,22,26). The first-order valence-corrected chi connectivity index (χ1v) is 11.1. The van der Waals surface area contributed by atoms with Crippen molar-refractivity contribution in [3.63, 3.8) is 0 Å². The molecule has 0 saturated heterocycles. The third-order valence-electron chi connectivity index (χ3n) is 4.83. The second-order valence-electron chi connectivity index (χ2n) is 7.89. The molecule has 1 aromatic carbocycles. The molecular formula is C21H30N4O3S. The Morgan fingerprint density at radius 2 is 1.90 bits per heavy atom. The van der Waals surface area contributed by atoms with Gasteiger partial charge in [-0.1, -0.05) is 45.5 Å². The van der Waals surface area contributed by atoms with Crippen molar-refractivity contribution in [1.29, 1.82) is 0 Å². The molecule has 0 spiro atoms. The number of hydrogen-bond acceptors (Lipinski definition) is 6. The van der Waals surface area contributed by atoms with E-state index in [1.165, 1.54) is 11.8 Å². The SMILES string of the molecule is CC(C)c1nnc(SCC(=O)NC(c2ccc3c(c2)OCCCO3)C(C)C)n1C. The van der Waals surface area contributed by atoms with Crippen molar-refractivity contribution >= 4 is 17.7 Å². The van der Waals surface area contributed by atoms with Gasteiger partial charge in [-0.05, 0) is 23.6 Å². The summed E-state index contributed by atoms with van der Waals surface area (Å²) in [5.74, 6) is 3.21. The highest BCUT2D eigenvalue weighted by Gasteiger charge is 2.22. The molecule has 2 heterocycles. The van der Waals surface area contributed by atoms with Crippen molar-refractivity contribution in [2.24, 2.45) is 13.0 Å². The van der Waals surface area contributed by atoms with Gasteiger partial charge < -0.3 is 19.4 Å². The summed E-state index contributed by atoms with van der Waals surface area (Å²) in [6.07, 6.45) is 0.867. The summed E-state index contributed by atoms with van der Waals surface area (Å²) in [7, 11) is 1.93. The topological polar surface area (TPSA) is 78.3 Å². The number of nitrogens with zero attached hydrogens (tertiary/aromatic N) is 3. The Bertz CT molecular complexity index is 850. The fourth-order valence-corrected chi connectivity index (χ4v) is 4.04. The number of ether oxygens (including phenoxy) is 2. The molecule has 0 bridgehead atoms. The second-order valence-corrected chi connectivity index (χ2v) is 8.83. The van der Waals surface area contributed by atoms with Gasteiger partial charge in [0.25, 0.3) is 0 Å². The van der Waals surface area contributed by atoms with Gasteiger partial charge in [0.2, 0.25) is 5.91 Å². The molecule has 7 nitrogen and oxygen atoms in total. The predicted octanol–water partition coefficient (Wildman–Crippen LogP) is 3.71. The van der Waals surface area contributed by atoms with Crippen LogP contribution in [0.2, 0.25) is 0 Å². The van der Waals surface area contributed by atoms with Gasteiger partial charge in [-0.3, -0.25) is 4.79 Å². The van der Waals surface area contributed by atoms with Crippen LogP contribution in [-0.2, 0) is 11.8 Å². The van der Waals surface area contributed by atoms with Gasteiger partial charge in [0, 0.05) is 19.4 Å². The minimum absolute atomic E-state index is 0.0325. The third kappa shape index (κ3) is 5.23. The molecule has 1 amide bonds. The number of thioether (sulfide) groups is 1. The average Bonchev–Trinajstić information content (AvgIpc) is 2.89. The number of fused-ring (bicyclic) bond motifs is 1. The number of aromatic nitrogens is 3. The van der Waals surface area contributed by atoms with Crippen LogP contribution in [0.4, 0.5) is 0 Å². The smallest absolute Gasteiger partial charge is 0.230 e. The van der Waals surface area contributed by atoms with Gasteiger partial charge in [-0.15, -0.1) is 10.2 Å². The number of carbonyl (C=O) groups excluding carboxylic acids is 1. The number of amides is 1. The number of carbonyl (C=O) groups is 1. The zero-order chi connectivity index (χ0) is 21.0. The minimum atomic E-state index is -0.106. The van der Waals surface area contributed by atoms with Crippen molar-refractivity contribution in [2.75, 3.05) is 19.0 Å². The van der Waals surface area contributed by atoms with Gasteiger partial charge in [0.1, 0.15) is 5.82 Å². The van der Waals surface area contributed by atoms with Gasteiger partial charge in [0.15, 0.2) is 16.7 Å². The van der Waals surface area contributed by atoms with E-state index >= 15 is 0 Å². The molecule has 0 fully saturated rings. The largest absolute Gasteiger partial charge is 0.490 e. The van der Waals surface area contributed by atoms with E-state index in [9.17, 15) is 4.79 Å². The second kappa shape index (κ2) is 9.52. The van der Waals surface area contributed by atoms with Crippen LogP contribution in [0.5, 0.6) is 11.5 Å². The molecule has 1 aliphatic rings. The number of nitrogens with one attached hydrogen (secondary N) is 1. The van der Waals surface area contributed by atoms with Crippen LogP contribution in [0.25, 0.3) is 0 Å². The quantitative estimate of drug-likeness (QED) is 0.691. The summed E-state index contributed by atoms with van der Waals surface area (Å²) >= 11 is 1.40. The van der Waals surface area contributed by atoms with E-state index in [1.807, 2.05) is 29.8 Å². The first-order chi connectivity index (χ1) is 13.9. The van der Waals surface area contributed by atoms with Crippen molar-refractivity contribution in [3.05, 3.63) is 29.6 Å². The molecule has 3 rings (SSSR count). The lowest BCUT2D eigenvalue weighted by atomic mass is 9.95. The van der Waals surface area contributed by atoms with E-state index in [4.69, 9.17) is 9.47 Å². The van der Waals surface area contributed by atoms with E-state index in [1.54, 1.807) is 0 Å². The van der Waals surface area contributed by atoms with Crippen molar-refractivity contribution < 1.29 is 14.3 Å². The lowest BCUT2D eigenvalue weighted by Gasteiger charge is -2.24. The predicted molar refractivity (Wildman–Crippen MR) is 114 cm³/mol. The Kier molecular flexibility index (Phi) is 7.05. The van der Waals surface area contributed by atoms with Crippen LogP contribution < -0.4 is 14.8 Å². The van der Waals surface area contributed by atoms with Gasteiger partial charge in [-0.25, -0.2) is 0 Å². The summed E-state index contributed by atoms with van der Waals surface area (Å²) in [5, 5.41) is 12.3. The normalized spacial score (nSPS) is 14.7.